The molecule has 0 unspecified atom stereocenters. The van der Waals surface area contributed by atoms with Gasteiger partial charge in [-0.25, -0.2) is 4.85 Å². The van der Waals surface area contributed by atoms with Gasteiger partial charge in [0, 0.05) is 6.20 Å². The predicted molar refractivity (Wildman–Crippen MR) is 75.0 cm³/mol. The normalized spacial score (nSPS) is 9.78. The second-order valence-corrected chi connectivity index (χ2v) is 4.30. The van der Waals surface area contributed by atoms with E-state index in [1.807, 2.05) is 30.3 Å². The third-order valence-corrected chi connectivity index (χ3v) is 2.92. The topological polar surface area (TPSA) is 49.2 Å². The molecule has 1 aromatic carbocycles. The molecule has 0 saturated carbocycles. The Bertz CT molecular complexity index is 598. The lowest BCUT2D eigenvalue weighted by atomic mass is 10.1. The van der Waals surface area contributed by atoms with Crippen LogP contribution in [0.15, 0.2) is 36.5 Å². The van der Waals surface area contributed by atoms with E-state index in [1.54, 1.807) is 12.5 Å². The summed E-state index contributed by atoms with van der Waals surface area (Å²) in [4.78, 5) is 17.9. The van der Waals surface area contributed by atoms with Crippen molar-refractivity contribution in [1.82, 2.24) is 4.98 Å². The Hall–Kier alpha value is -2.19. The van der Waals surface area contributed by atoms with Crippen LogP contribution in [0.2, 0.25) is 0 Å². The number of nitrogens with one attached hydrogen (secondary N) is 2. The molecule has 2 aromatic rings. The van der Waals surface area contributed by atoms with Crippen molar-refractivity contribution >= 4 is 28.4 Å². The van der Waals surface area contributed by atoms with Gasteiger partial charge in [-0.15, -0.1) is 0 Å². The Morgan fingerprint density at radius 1 is 1.39 bits per heavy atom. The fraction of sp³-hybridized carbons (Fsp3) is 0.0769. The Morgan fingerprint density at radius 3 is 2.72 bits per heavy atom. The highest BCUT2D eigenvalue weighted by Gasteiger charge is 2.14. The molecule has 1 amide bonds. The summed E-state index contributed by atoms with van der Waals surface area (Å²) in [6, 6.07) is 9.57. The summed E-state index contributed by atoms with van der Waals surface area (Å²) in [5.74, 6) is 0. The molecule has 5 heteroatoms. The molecule has 0 spiro atoms. The highest BCUT2D eigenvalue weighted by molar-refractivity contribution is 8.13. The van der Waals surface area contributed by atoms with E-state index in [0.717, 1.165) is 23.0 Å². The highest BCUT2D eigenvalue weighted by Crippen LogP contribution is 2.36. The van der Waals surface area contributed by atoms with Crippen LogP contribution in [-0.4, -0.2) is 16.5 Å². The zero-order chi connectivity index (χ0) is 13.0. The number of benzene rings is 1. The maximum absolute atomic E-state index is 11.3. The van der Waals surface area contributed by atoms with E-state index >= 15 is 0 Å². The smallest absolute Gasteiger partial charge is 0.282 e. The van der Waals surface area contributed by atoms with Crippen molar-refractivity contribution in [2.24, 2.45) is 0 Å². The van der Waals surface area contributed by atoms with Crippen LogP contribution >= 0.6 is 11.8 Å². The fourth-order valence-corrected chi connectivity index (χ4v) is 1.83. The molecule has 1 aromatic heterocycles. The van der Waals surface area contributed by atoms with Crippen LogP contribution in [0.25, 0.3) is 16.1 Å². The van der Waals surface area contributed by atoms with Gasteiger partial charge in [-0.2, -0.15) is 0 Å². The third kappa shape index (κ3) is 2.39. The van der Waals surface area contributed by atoms with Crippen LogP contribution < -0.4 is 5.32 Å². The number of carbonyl (C=O) groups is 1. The number of aromatic amines is 1. The van der Waals surface area contributed by atoms with Gasteiger partial charge in [0.25, 0.3) is 5.24 Å². The number of rotatable bonds is 2. The minimum Gasteiger partial charge on any atom is -0.370 e. The molecule has 18 heavy (non-hydrogen) atoms. The molecule has 0 aliphatic rings. The lowest BCUT2D eigenvalue weighted by molar-refractivity contribution is 0.270. The van der Waals surface area contributed by atoms with E-state index in [0.29, 0.717) is 11.4 Å². The molecule has 0 atom stereocenters. The van der Waals surface area contributed by atoms with E-state index < -0.39 is 0 Å². The van der Waals surface area contributed by atoms with Crippen LogP contribution in [0.3, 0.4) is 0 Å². The molecule has 90 valence electrons. The molecule has 4 nitrogen and oxygen atoms in total. The Morgan fingerprint density at radius 2 is 2.11 bits per heavy atom. The number of anilines is 1. The molecule has 0 saturated heterocycles. The molecule has 0 bridgehead atoms. The van der Waals surface area contributed by atoms with Gasteiger partial charge in [-0.3, -0.25) is 4.79 Å². The summed E-state index contributed by atoms with van der Waals surface area (Å²) in [7, 11) is 0. The summed E-state index contributed by atoms with van der Waals surface area (Å²) in [5.41, 5.74) is 2.60. The zero-order valence-corrected chi connectivity index (χ0v) is 10.5. The highest BCUT2D eigenvalue weighted by atomic mass is 32.2. The summed E-state index contributed by atoms with van der Waals surface area (Å²) < 4.78 is 0. The number of hydrogen-bond acceptors (Lipinski definition) is 2. The first-order valence-electron chi connectivity index (χ1n) is 5.25. The zero-order valence-electron chi connectivity index (χ0n) is 9.73. The number of thioether (sulfide) groups is 1. The van der Waals surface area contributed by atoms with Crippen molar-refractivity contribution in [3.63, 3.8) is 0 Å². The van der Waals surface area contributed by atoms with Crippen molar-refractivity contribution in [3.8, 4) is 11.3 Å². The lowest BCUT2D eigenvalue weighted by Crippen LogP contribution is -2.02. The van der Waals surface area contributed by atoms with Gasteiger partial charge < -0.3 is 10.3 Å². The quantitative estimate of drug-likeness (QED) is 0.795. The number of aromatic nitrogens is 1. The lowest BCUT2D eigenvalue weighted by Gasteiger charge is -2.01. The predicted octanol–water partition coefficient (Wildman–Crippen LogP) is 4.13. The van der Waals surface area contributed by atoms with E-state index in [9.17, 15) is 4.79 Å². The molecule has 0 aliphatic carbocycles. The molecule has 2 rings (SSSR count). The van der Waals surface area contributed by atoms with E-state index in [2.05, 4.69) is 15.1 Å². The Balaban J connectivity index is 2.40. The average Bonchev–Trinajstić information content (AvgIpc) is 2.82. The maximum Gasteiger partial charge on any atom is 0.282 e. The molecular formula is C13H11N3OS. The molecular weight excluding hydrogens is 246 g/mol. The Labute approximate surface area is 109 Å². The minimum atomic E-state index is -0.182. The van der Waals surface area contributed by atoms with Gasteiger partial charge in [0.1, 0.15) is 0 Å². The van der Waals surface area contributed by atoms with Crippen LogP contribution in [0.5, 0.6) is 0 Å². The number of carbonyl (C=O) groups excluding carboxylic acids is 1. The summed E-state index contributed by atoms with van der Waals surface area (Å²) >= 11 is 1.08. The van der Waals surface area contributed by atoms with Gasteiger partial charge in [0.2, 0.25) is 5.69 Å². The Kier molecular flexibility index (Phi) is 3.70. The molecule has 0 fully saturated rings. The largest absolute Gasteiger partial charge is 0.370 e. The van der Waals surface area contributed by atoms with Crippen molar-refractivity contribution in [3.05, 3.63) is 47.9 Å². The van der Waals surface area contributed by atoms with Crippen LogP contribution in [0.4, 0.5) is 16.2 Å². The van der Waals surface area contributed by atoms with Crippen molar-refractivity contribution in [2.75, 3.05) is 11.6 Å². The van der Waals surface area contributed by atoms with Crippen LogP contribution in [-0.2, 0) is 0 Å². The molecule has 0 aliphatic heterocycles. The first-order chi connectivity index (χ1) is 8.76. The summed E-state index contributed by atoms with van der Waals surface area (Å²) in [6.07, 6.45) is 3.33. The summed E-state index contributed by atoms with van der Waals surface area (Å²) in [6.45, 7) is 7.24. The van der Waals surface area contributed by atoms with E-state index in [1.165, 1.54) is 0 Å². The van der Waals surface area contributed by atoms with Gasteiger partial charge in [-0.05, 0) is 11.8 Å². The van der Waals surface area contributed by atoms with Gasteiger partial charge in [-0.1, -0.05) is 42.1 Å². The fourth-order valence-electron chi connectivity index (χ4n) is 1.61. The molecule has 1 heterocycles. The maximum atomic E-state index is 11.3. The van der Waals surface area contributed by atoms with Crippen molar-refractivity contribution < 1.29 is 4.79 Å². The van der Waals surface area contributed by atoms with Crippen molar-refractivity contribution in [2.45, 2.75) is 0 Å². The first-order valence-corrected chi connectivity index (χ1v) is 6.48. The van der Waals surface area contributed by atoms with Gasteiger partial charge in [0.15, 0.2) is 0 Å². The number of amides is 1. The SMILES string of the molecule is [C-]#[N+]c1c(NC(=O)SC)c[nH]c1-c1ccccc1. The number of nitrogens with zero attached hydrogens (tertiary/aromatic N) is 1. The second kappa shape index (κ2) is 5.43. The monoisotopic (exact) mass is 257 g/mol. The van der Waals surface area contributed by atoms with Gasteiger partial charge in [0.05, 0.1) is 18.0 Å². The molecule has 0 radical (unpaired) electrons. The van der Waals surface area contributed by atoms with E-state index in [-0.39, 0.29) is 5.24 Å². The van der Waals surface area contributed by atoms with Crippen molar-refractivity contribution in [1.29, 1.82) is 0 Å². The first kappa shape index (κ1) is 12.3. The third-order valence-electron chi connectivity index (χ3n) is 2.45. The molecule has 2 N–H and O–H groups in total. The average molecular weight is 257 g/mol. The standard InChI is InChI=1S/C13H11N3OS/c1-14-12-10(16-13(17)18-2)8-15-11(12)9-6-4-3-5-7-9/h3-8,15H,2H3,(H,16,17). The van der Waals surface area contributed by atoms with E-state index in [4.69, 9.17) is 6.57 Å². The number of H-pyrrole nitrogens is 1. The minimum absolute atomic E-state index is 0.182. The summed E-state index contributed by atoms with van der Waals surface area (Å²) in [5, 5.41) is 2.50. The van der Waals surface area contributed by atoms with Crippen LogP contribution in [0, 0.1) is 6.57 Å². The van der Waals surface area contributed by atoms with Gasteiger partial charge >= 0.3 is 0 Å². The van der Waals surface area contributed by atoms with Crippen LogP contribution in [0.1, 0.15) is 0 Å². The second-order valence-electron chi connectivity index (χ2n) is 3.52. The number of hydrogen-bond donors (Lipinski definition) is 2.